The van der Waals surface area contributed by atoms with Crippen LogP contribution in [0, 0.1) is 11.8 Å². The fourth-order valence-electron chi connectivity index (χ4n) is 2.24. The summed E-state index contributed by atoms with van der Waals surface area (Å²) in [4.78, 5) is 11.9. The van der Waals surface area contributed by atoms with Gasteiger partial charge in [-0.1, -0.05) is 31.3 Å². The number of hydrogen-bond acceptors (Lipinski definition) is 3. The first-order valence-electron chi connectivity index (χ1n) is 6.34. The number of hydrogen-bond donors (Lipinski definition) is 3. The maximum atomic E-state index is 11.9. The molecule has 5 heteroatoms. The first-order chi connectivity index (χ1) is 8.06. The molecule has 0 aromatic heterocycles. The molecule has 3 unspecified atom stereocenters. The number of oxime groups is 1. The molecule has 1 amide bonds. The molecule has 98 valence electrons. The molecule has 1 saturated carbocycles. The van der Waals surface area contributed by atoms with Crippen LogP contribution in [0.2, 0.25) is 0 Å². The van der Waals surface area contributed by atoms with Gasteiger partial charge in [-0.25, -0.2) is 0 Å². The molecule has 4 N–H and O–H groups in total. The van der Waals surface area contributed by atoms with Crippen molar-refractivity contribution in [2.75, 3.05) is 0 Å². The summed E-state index contributed by atoms with van der Waals surface area (Å²) in [5.41, 5.74) is 5.43. The predicted molar refractivity (Wildman–Crippen MR) is 66.8 cm³/mol. The van der Waals surface area contributed by atoms with Gasteiger partial charge in [-0.05, 0) is 25.7 Å². The van der Waals surface area contributed by atoms with Crippen LogP contribution in [0.25, 0.3) is 0 Å². The van der Waals surface area contributed by atoms with Crippen LogP contribution in [0.15, 0.2) is 5.16 Å². The molecule has 3 atom stereocenters. The van der Waals surface area contributed by atoms with Crippen LogP contribution in [0.5, 0.6) is 0 Å². The van der Waals surface area contributed by atoms with E-state index in [2.05, 4.69) is 17.4 Å². The SMILES string of the molecule is CC(C(=O)NC1CCCCCC1C)C(N)=NO. The lowest BCUT2D eigenvalue weighted by molar-refractivity contribution is -0.123. The molecule has 1 fully saturated rings. The average molecular weight is 241 g/mol. The minimum atomic E-state index is -0.574. The zero-order chi connectivity index (χ0) is 12.8. The molecule has 0 heterocycles. The van der Waals surface area contributed by atoms with Crippen molar-refractivity contribution in [1.29, 1.82) is 0 Å². The van der Waals surface area contributed by atoms with Gasteiger partial charge in [-0.2, -0.15) is 0 Å². The number of rotatable bonds is 3. The van der Waals surface area contributed by atoms with E-state index in [9.17, 15) is 4.79 Å². The smallest absolute Gasteiger partial charge is 0.230 e. The van der Waals surface area contributed by atoms with Gasteiger partial charge in [0.15, 0.2) is 5.84 Å². The number of nitrogens with one attached hydrogen (secondary N) is 1. The van der Waals surface area contributed by atoms with E-state index in [4.69, 9.17) is 10.9 Å². The highest BCUT2D eigenvalue weighted by atomic mass is 16.4. The van der Waals surface area contributed by atoms with Gasteiger partial charge in [0.05, 0.1) is 5.92 Å². The summed E-state index contributed by atoms with van der Waals surface area (Å²) in [5, 5.41) is 14.4. The van der Waals surface area contributed by atoms with Gasteiger partial charge in [0, 0.05) is 6.04 Å². The van der Waals surface area contributed by atoms with Gasteiger partial charge in [-0.15, -0.1) is 0 Å². The Bertz CT molecular complexity index is 291. The minimum Gasteiger partial charge on any atom is -0.409 e. The van der Waals surface area contributed by atoms with Gasteiger partial charge in [0.25, 0.3) is 0 Å². The summed E-state index contributed by atoms with van der Waals surface area (Å²) in [6.07, 6.45) is 5.82. The van der Waals surface area contributed by atoms with Crippen LogP contribution in [0.3, 0.4) is 0 Å². The largest absolute Gasteiger partial charge is 0.409 e. The highest BCUT2D eigenvalue weighted by Gasteiger charge is 2.25. The van der Waals surface area contributed by atoms with Crippen molar-refractivity contribution in [1.82, 2.24) is 5.32 Å². The van der Waals surface area contributed by atoms with Crippen molar-refractivity contribution in [3.05, 3.63) is 0 Å². The Balaban J connectivity index is 2.54. The lowest BCUT2D eigenvalue weighted by Gasteiger charge is -2.24. The molecule has 0 aliphatic heterocycles. The standard InChI is InChI=1S/C12H23N3O2/c1-8-6-4-3-5-7-10(8)14-12(16)9(2)11(13)15-17/h8-10,17H,3-7H2,1-2H3,(H2,13,15)(H,14,16). The first kappa shape index (κ1) is 13.8. The minimum absolute atomic E-state index is 0.0382. The molecule has 5 nitrogen and oxygen atoms in total. The fourth-order valence-corrected chi connectivity index (χ4v) is 2.24. The zero-order valence-corrected chi connectivity index (χ0v) is 10.6. The number of carbonyl (C=O) groups is 1. The van der Waals surface area contributed by atoms with E-state index < -0.39 is 5.92 Å². The van der Waals surface area contributed by atoms with Crippen molar-refractivity contribution in [3.63, 3.8) is 0 Å². The number of amides is 1. The van der Waals surface area contributed by atoms with Gasteiger partial charge >= 0.3 is 0 Å². The third kappa shape index (κ3) is 3.91. The van der Waals surface area contributed by atoms with E-state index in [1.54, 1.807) is 6.92 Å². The summed E-state index contributed by atoms with van der Waals surface area (Å²) in [6.45, 7) is 3.82. The van der Waals surface area contributed by atoms with Crippen molar-refractivity contribution >= 4 is 11.7 Å². The zero-order valence-electron chi connectivity index (χ0n) is 10.6. The molecule has 0 bridgehead atoms. The average Bonchev–Trinajstić information content (AvgIpc) is 2.53. The molecular formula is C12H23N3O2. The predicted octanol–water partition coefficient (Wildman–Crippen LogP) is 1.45. The first-order valence-corrected chi connectivity index (χ1v) is 6.34. The second-order valence-electron chi connectivity index (χ2n) is 4.98. The topological polar surface area (TPSA) is 87.7 Å². The Morgan fingerprint density at radius 3 is 2.71 bits per heavy atom. The number of amidine groups is 1. The molecule has 0 aromatic carbocycles. The summed E-state index contributed by atoms with van der Waals surface area (Å²) < 4.78 is 0. The molecule has 0 saturated heterocycles. The van der Waals surface area contributed by atoms with Crippen LogP contribution >= 0.6 is 0 Å². The van der Waals surface area contributed by atoms with E-state index >= 15 is 0 Å². The summed E-state index contributed by atoms with van der Waals surface area (Å²) >= 11 is 0. The van der Waals surface area contributed by atoms with Crippen molar-refractivity contribution < 1.29 is 10.0 Å². The van der Waals surface area contributed by atoms with Crippen LogP contribution in [0.4, 0.5) is 0 Å². The third-order valence-electron chi connectivity index (χ3n) is 3.64. The van der Waals surface area contributed by atoms with Gasteiger partial charge in [-0.3, -0.25) is 4.79 Å². The van der Waals surface area contributed by atoms with Crippen LogP contribution in [-0.4, -0.2) is 23.0 Å². The number of nitrogens with zero attached hydrogens (tertiary/aromatic N) is 1. The molecule has 0 spiro atoms. The fraction of sp³-hybridized carbons (Fsp3) is 0.833. The quantitative estimate of drug-likeness (QED) is 0.230. The Labute approximate surface area is 102 Å². The Morgan fingerprint density at radius 1 is 1.41 bits per heavy atom. The molecule has 0 radical (unpaired) electrons. The van der Waals surface area contributed by atoms with Crippen LogP contribution in [-0.2, 0) is 4.79 Å². The van der Waals surface area contributed by atoms with E-state index in [-0.39, 0.29) is 17.8 Å². The summed E-state index contributed by atoms with van der Waals surface area (Å²) in [7, 11) is 0. The maximum Gasteiger partial charge on any atom is 0.230 e. The van der Waals surface area contributed by atoms with Gasteiger partial charge in [0.2, 0.25) is 5.91 Å². The van der Waals surface area contributed by atoms with Crippen molar-refractivity contribution in [2.24, 2.45) is 22.7 Å². The third-order valence-corrected chi connectivity index (χ3v) is 3.64. The van der Waals surface area contributed by atoms with Crippen LogP contribution in [0.1, 0.15) is 46.0 Å². The number of carbonyl (C=O) groups excluding carboxylic acids is 1. The molecule has 0 aromatic rings. The Morgan fingerprint density at radius 2 is 2.06 bits per heavy atom. The van der Waals surface area contributed by atoms with E-state index in [0.29, 0.717) is 5.92 Å². The lowest BCUT2D eigenvalue weighted by Crippen LogP contribution is -2.44. The molecule has 1 rings (SSSR count). The molecule has 1 aliphatic rings. The summed E-state index contributed by atoms with van der Waals surface area (Å²) in [6, 6.07) is 0.221. The second-order valence-corrected chi connectivity index (χ2v) is 4.98. The van der Waals surface area contributed by atoms with Crippen molar-refractivity contribution in [3.8, 4) is 0 Å². The number of nitrogens with two attached hydrogens (primary N) is 1. The van der Waals surface area contributed by atoms with Crippen LogP contribution < -0.4 is 11.1 Å². The molecule has 17 heavy (non-hydrogen) atoms. The Hall–Kier alpha value is -1.26. The normalized spacial score (nSPS) is 28.2. The second kappa shape index (κ2) is 6.47. The van der Waals surface area contributed by atoms with Gasteiger partial charge < -0.3 is 16.3 Å². The Kier molecular flexibility index (Phi) is 5.25. The molecule has 1 aliphatic carbocycles. The van der Waals surface area contributed by atoms with E-state index in [1.165, 1.54) is 12.8 Å². The van der Waals surface area contributed by atoms with Gasteiger partial charge in [0.1, 0.15) is 0 Å². The summed E-state index contributed by atoms with van der Waals surface area (Å²) in [5.74, 6) is -0.265. The lowest BCUT2D eigenvalue weighted by atomic mass is 9.96. The van der Waals surface area contributed by atoms with E-state index in [1.807, 2.05) is 0 Å². The van der Waals surface area contributed by atoms with E-state index in [0.717, 1.165) is 19.3 Å². The molecular weight excluding hydrogens is 218 g/mol. The highest BCUT2D eigenvalue weighted by molar-refractivity contribution is 6.01. The highest BCUT2D eigenvalue weighted by Crippen LogP contribution is 2.23. The maximum absolute atomic E-state index is 11.9. The van der Waals surface area contributed by atoms with Crippen molar-refractivity contribution in [2.45, 2.75) is 52.0 Å². The monoisotopic (exact) mass is 241 g/mol.